The van der Waals surface area contributed by atoms with Gasteiger partial charge in [-0.2, -0.15) is 0 Å². The molecule has 1 heterocycles. The lowest BCUT2D eigenvalue weighted by atomic mass is 10.1. The zero-order valence-electron chi connectivity index (χ0n) is 10.4. The minimum Gasteiger partial charge on any atom is -0.494 e. The number of ether oxygens (including phenoxy) is 1. The van der Waals surface area contributed by atoms with Crippen LogP contribution in [0.15, 0.2) is 34.8 Å². The van der Waals surface area contributed by atoms with Crippen LogP contribution in [-0.2, 0) is 0 Å². The Morgan fingerprint density at radius 2 is 2.11 bits per heavy atom. The van der Waals surface area contributed by atoms with Crippen LogP contribution in [0.5, 0.6) is 5.75 Å². The molecule has 18 heavy (non-hydrogen) atoms. The molecule has 0 fully saturated rings. The van der Waals surface area contributed by atoms with Crippen LogP contribution in [0.2, 0.25) is 0 Å². The Kier molecular flexibility index (Phi) is 4.43. The SMILES string of the molecule is CCOc1ccc(C(N)c2ccc(C)s2)c(Br)c1. The van der Waals surface area contributed by atoms with Gasteiger partial charge in [0.25, 0.3) is 0 Å². The largest absolute Gasteiger partial charge is 0.494 e. The second kappa shape index (κ2) is 5.87. The van der Waals surface area contributed by atoms with Crippen LogP contribution >= 0.6 is 27.3 Å². The maximum atomic E-state index is 6.29. The Morgan fingerprint density at radius 1 is 1.33 bits per heavy atom. The van der Waals surface area contributed by atoms with E-state index in [-0.39, 0.29) is 6.04 Å². The van der Waals surface area contributed by atoms with Crippen molar-refractivity contribution in [1.82, 2.24) is 0 Å². The lowest BCUT2D eigenvalue weighted by molar-refractivity contribution is 0.340. The topological polar surface area (TPSA) is 35.2 Å². The number of hydrogen-bond donors (Lipinski definition) is 1. The van der Waals surface area contributed by atoms with Crippen LogP contribution in [0, 0.1) is 6.92 Å². The van der Waals surface area contributed by atoms with Crippen molar-refractivity contribution in [2.75, 3.05) is 6.61 Å². The van der Waals surface area contributed by atoms with Crippen molar-refractivity contribution in [3.05, 3.63) is 50.1 Å². The van der Waals surface area contributed by atoms with Crippen molar-refractivity contribution >= 4 is 27.3 Å². The average molecular weight is 326 g/mol. The summed E-state index contributed by atoms with van der Waals surface area (Å²) in [6, 6.07) is 10.1. The molecular weight excluding hydrogens is 310 g/mol. The molecule has 96 valence electrons. The molecule has 1 unspecified atom stereocenters. The third-order valence-corrected chi connectivity index (χ3v) is 4.46. The zero-order valence-corrected chi connectivity index (χ0v) is 12.8. The van der Waals surface area contributed by atoms with Gasteiger partial charge < -0.3 is 10.5 Å². The predicted molar refractivity (Wildman–Crippen MR) is 80.4 cm³/mol. The molecule has 0 bridgehead atoms. The molecule has 4 heteroatoms. The molecule has 2 aromatic rings. The summed E-state index contributed by atoms with van der Waals surface area (Å²) < 4.78 is 6.46. The molecule has 0 saturated carbocycles. The third kappa shape index (κ3) is 2.94. The summed E-state index contributed by atoms with van der Waals surface area (Å²) in [7, 11) is 0. The van der Waals surface area contributed by atoms with Gasteiger partial charge in [0.1, 0.15) is 5.75 Å². The van der Waals surface area contributed by atoms with Crippen molar-refractivity contribution < 1.29 is 4.74 Å². The maximum absolute atomic E-state index is 6.29. The highest BCUT2D eigenvalue weighted by Crippen LogP contribution is 2.32. The fourth-order valence-electron chi connectivity index (χ4n) is 1.79. The fraction of sp³-hybridized carbons (Fsp3) is 0.286. The molecule has 1 atom stereocenters. The Hall–Kier alpha value is -0.840. The quantitative estimate of drug-likeness (QED) is 0.911. The lowest BCUT2D eigenvalue weighted by Crippen LogP contribution is -2.10. The predicted octanol–water partition coefficient (Wildman–Crippen LogP) is 4.27. The molecule has 0 amide bonds. The van der Waals surface area contributed by atoms with Gasteiger partial charge >= 0.3 is 0 Å². The summed E-state index contributed by atoms with van der Waals surface area (Å²) >= 11 is 5.30. The number of hydrogen-bond acceptors (Lipinski definition) is 3. The van der Waals surface area contributed by atoms with Crippen LogP contribution in [-0.4, -0.2) is 6.61 Å². The van der Waals surface area contributed by atoms with Crippen molar-refractivity contribution in [2.45, 2.75) is 19.9 Å². The third-order valence-electron chi connectivity index (χ3n) is 2.69. The fourth-order valence-corrected chi connectivity index (χ4v) is 3.29. The Bertz CT molecular complexity index is 538. The molecular formula is C14H16BrNOS. The normalized spacial score (nSPS) is 12.4. The first-order valence-corrected chi connectivity index (χ1v) is 7.47. The molecule has 0 saturated heterocycles. The van der Waals surface area contributed by atoms with E-state index in [2.05, 4.69) is 35.0 Å². The second-order valence-electron chi connectivity index (χ2n) is 4.04. The minimum atomic E-state index is -0.0891. The van der Waals surface area contributed by atoms with Crippen molar-refractivity contribution in [2.24, 2.45) is 5.73 Å². The van der Waals surface area contributed by atoms with E-state index in [1.54, 1.807) is 11.3 Å². The average Bonchev–Trinajstić information content (AvgIpc) is 2.76. The number of aryl methyl sites for hydroxylation is 1. The second-order valence-corrected chi connectivity index (χ2v) is 6.22. The van der Waals surface area contributed by atoms with E-state index >= 15 is 0 Å². The number of nitrogens with two attached hydrogens (primary N) is 1. The molecule has 2 N–H and O–H groups in total. The number of benzene rings is 1. The van der Waals surface area contributed by atoms with E-state index in [4.69, 9.17) is 10.5 Å². The summed E-state index contributed by atoms with van der Waals surface area (Å²) in [5.74, 6) is 0.864. The molecule has 2 rings (SSSR count). The monoisotopic (exact) mass is 325 g/mol. The van der Waals surface area contributed by atoms with Gasteiger partial charge in [-0.3, -0.25) is 0 Å². The van der Waals surface area contributed by atoms with Crippen LogP contribution in [0.1, 0.15) is 28.3 Å². The molecule has 1 aromatic heterocycles. The van der Waals surface area contributed by atoms with Gasteiger partial charge in [-0.1, -0.05) is 22.0 Å². The van der Waals surface area contributed by atoms with E-state index in [1.165, 1.54) is 9.75 Å². The first-order valence-electron chi connectivity index (χ1n) is 5.86. The van der Waals surface area contributed by atoms with Crippen LogP contribution in [0.4, 0.5) is 0 Å². The highest BCUT2D eigenvalue weighted by Gasteiger charge is 2.14. The van der Waals surface area contributed by atoms with E-state index in [0.717, 1.165) is 15.8 Å². The standard InChI is InChI=1S/C14H16BrNOS/c1-3-17-10-5-6-11(12(15)8-10)14(16)13-7-4-9(2)18-13/h4-8,14H,3,16H2,1-2H3. The summed E-state index contributed by atoms with van der Waals surface area (Å²) in [6.45, 7) is 4.73. The number of rotatable bonds is 4. The summed E-state index contributed by atoms with van der Waals surface area (Å²) in [6.07, 6.45) is 0. The van der Waals surface area contributed by atoms with Crippen LogP contribution in [0.3, 0.4) is 0 Å². The lowest BCUT2D eigenvalue weighted by Gasteiger charge is -2.13. The first kappa shape index (κ1) is 13.6. The number of halogens is 1. The van der Waals surface area contributed by atoms with Gasteiger partial charge in [-0.25, -0.2) is 0 Å². The van der Waals surface area contributed by atoms with E-state index in [9.17, 15) is 0 Å². The minimum absolute atomic E-state index is 0.0891. The molecule has 1 aromatic carbocycles. The Morgan fingerprint density at radius 3 is 2.67 bits per heavy atom. The van der Waals surface area contributed by atoms with Gasteiger partial charge in [-0.15, -0.1) is 11.3 Å². The van der Waals surface area contributed by atoms with E-state index < -0.39 is 0 Å². The molecule has 0 aliphatic heterocycles. The van der Waals surface area contributed by atoms with Crippen LogP contribution in [0.25, 0.3) is 0 Å². The summed E-state index contributed by atoms with van der Waals surface area (Å²) in [5.41, 5.74) is 7.38. The molecule has 0 radical (unpaired) electrons. The Balaban J connectivity index is 2.28. The number of thiophene rings is 1. The van der Waals surface area contributed by atoms with Gasteiger partial charge in [0, 0.05) is 14.2 Å². The van der Waals surface area contributed by atoms with Gasteiger partial charge in [-0.05, 0) is 43.7 Å². The summed E-state index contributed by atoms with van der Waals surface area (Å²) in [5, 5.41) is 0. The van der Waals surface area contributed by atoms with E-state index in [0.29, 0.717) is 6.61 Å². The van der Waals surface area contributed by atoms with Gasteiger partial charge in [0.2, 0.25) is 0 Å². The van der Waals surface area contributed by atoms with Crippen molar-refractivity contribution in [3.8, 4) is 5.75 Å². The first-order chi connectivity index (χ1) is 8.61. The van der Waals surface area contributed by atoms with Crippen LogP contribution < -0.4 is 10.5 Å². The smallest absolute Gasteiger partial charge is 0.120 e. The molecule has 2 nitrogen and oxygen atoms in total. The molecule has 0 spiro atoms. The van der Waals surface area contributed by atoms with Gasteiger partial charge in [0.05, 0.1) is 12.6 Å². The zero-order chi connectivity index (χ0) is 13.1. The van der Waals surface area contributed by atoms with Crippen molar-refractivity contribution in [1.29, 1.82) is 0 Å². The van der Waals surface area contributed by atoms with Gasteiger partial charge in [0.15, 0.2) is 0 Å². The molecule has 0 aliphatic carbocycles. The maximum Gasteiger partial charge on any atom is 0.120 e. The highest BCUT2D eigenvalue weighted by atomic mass is 79.9. The summed E-state index contributed by atoms with van der Waals surface area (Å²) in [4.78, 5) is 2.46. The molecule has 0 aliphatic rings. The highest BCUT2D eigenvalue weighted by molar-refractivity contribution is 9.10. The van der Waals surface area contributed by atoms with Crippen molar-refractivity contribution in [3.63, 3.8) is 0 Å². The van der Waals surface area contributed by atoms with E-state index in [1.807, 2.05) is 25.1 Å². The Labute approximate surface area is 120 Å².